The summed E-state index contributed by atoms with van der Waals surface area (Å²) in [5.41, 5.74) is 3.25. The van der Waals surface area contributed by atoms with E-state index in [1.165, 1.54) is 5.56 Å². The van der Waals surface area contributed by atoms with Crippen molar-refractivity contribution in [2.75, 3.05) is 31.2 Å². The molecular formula is C18H24N2O. The average Bonchev–Trinajstić information content (AvgIpc) is 2.53. The van der Waals surface area contributed by atoms with Gasteiger partial charge in [0, 0.05) is 13.1 Å². The molecule has 1 aromatic heterocycles. The Kier molecular flexibility index (Phi) is 5.34. The lowest BCUT2D eigenvalue weighted by Gasteiger charge is -2.29. The number of morpholine rings is 1. The van der Waals surface area contributed by atoms with Gasteiger partial charge in [0.15, 0.2) is 0 Å². The summed E-state index contributed by atoms with van der Waals surface area (Å²) in [6.45, 7) is 15.4. The van der Waals surface area contributed by atoms with E-state index in [2.05, 4.69) is 44.0 Å². The SMILES string of the molecule is C=C/C=C(\C=C)c1cc(C(C)C)cc(N2CCOCC2)n1. The molecule has 0 spiro atoms. The van der Waals surface area contributed by atoms with E-state index in [9.17, 15) is 0 Å². The van der Waals surface area contributed by atoms with Crippen LogP contribution in [0.25, 0.3) is 5.57 Å². The molecular weight excluding hydrogens is 260 g/mol. The molecule has 112 valence electrons. The number of hydrogen-bond acceptors (Lipinski definition) is 3. The van der Waals surface area contributed by atoms with Crippen LogP contribution in [0.2, 0.25) is 0 Å². The van der Waals surface area contributed by atoms with Crippen molar-refractivity contribution in [3.05, 3.63) is 54.8 Å². The second kappa shape index (κ2) is 7.23. The normalized spacial score (nSPS) is 16.1. The third kappa shape index (κ3) is 3.82. The van der Waals surface area contributed by atoms with Crippen LogP contribution in [-0.2, 0) is 4.74 Å². The third-order valence-electron chi connectivity index (χ3n) is 3.65. The minimum Gasteiger partial charge on any atom is -0.378 e. The van der Waals surface area contributed by atoms with Gasteiger partial charge < -0.3 is 9.64 Å². The Morgan fingerprint density at radius 1 is 1.29 bits per heavy atom. The van der Waals surface area contributed by atoms with Gasteiger partial charge in [-0.15, -0.1) is 0 Å². The van der Waals surface area contributed by atoms with Crippen LogP contribution in [0.1, 0.15) is 31.0 Å². The Labute approximate surface area is 127 Å². The van der Waals surface area contributed by atoms with Crippen molar-refractivity contribution < 1.29 is 4.74 Å². The zero-order chi connectivity index (χ0) is 15.2. The van der Waals surface area contributed by atoms with Crippen molar-refractivity contribution in [1.29, 1.82) is 0 Å². The molecule has 0 bridgehead atoms. The van der Waals surface area contributed by atoms with Crippen molar-refractivity contribution in [3.63, 3.8) is 0 Å². The fourth-order valence-corrected chi connectivity index (χ4v) is 2.36. The fourth-order valence-electron chi connectivity index (χ4n) is 2.36. The zero-order valence-corrected chi connectivity index (χ0v) is 13.0. The molecule has 1 saturated heterocycles. The van der Waals surface area contributed by atoms with Crippen LogP contribution in [0.4, 0.5) is 5.82 Å². The van der Waals surface area contributed by atoms with Crippen LogP contribution in [0, 0.1) is 0 Å². The average molecular weight is 284 g/mol. The Morgan fingerprint density at radius 3 is 2.57 bits per heavy atom. The summed E-state index contributed by atoms with van der Waals surface area (Å²) in [4.78, 5) is 7.10. The molecule has 0 amide bonds. The molecule has 0 atom stereocenters. The first-order valence-corrected chi connectivity index (χ1v) is 7.46. The minimum atomic E-state index is 0.460. The van der Waals surface area contributed by atoms with Crippen molar-refractivity contribution >= 4 is 11.4 Å². The molecule has 0 aromatic carbocycles. The number of ether oxygens (including phenoxy) is 1. The van der Waals surface area contributed by atoms with E-state index in [0.29, 0.717) is 5.92 Å². The van der Waals surface area contributed by atoms with Crippen molar-refractivity contribution in [1.82, 2.24) is 4.98 Å². The van der Waals surface area contributed by atoms with Crippen LogP contribution < -0.4 is 4.90 Å². The lowest BCUT2D eigenvalue weighted by Crippen LogP contribution is -2.36. The van der Waals surface area contributed by atoms with Crippen LogP contribution in [0.15, 0.2) is 43.5 Å². The highest BCUT2D eigenvalue weighted by Gasteiger charge is 2.15. The number of anilines is 1. The molecule has 1 fully saturated rings. The van der Waals surface area contributed by atoms with Crippen LogP contribution in [0.3, 0.4) is 0 Å². The van der Waals surface area contributed by atoms with Gasteiger partial charge in [-0.3, -0.25) is 0 Å². The largest absolute Gasteiger partial charge is 0.378 e. The summed E-state index contributed by atoms with van der Waals surface area (Å²) in [6, 6.07) is 4.33. The van der Waals surface area contributed by atoms with Crippen molar-refractivity contribution in [3.8, 4) is 0 Å². The maximum absolute atomic E-state index is 5.43. The maximum atomic E-state index is 5.43. The van der Waals surface area contributed by atoms with Gasteiger partial charge in [-0.2, -0.15) is 0 Å². The van der Waals surface area contributed by atoms with E-state index in [0.717, 1.165) is 43.4 Å². The van der Waals surface area contributed by atoms with Crippen molar-refractivity contribution in [2.24, 2.45) is 0 Å². The van der Waals surface area contributed by atoms with Gasteiger partial charge in [-0.1, -0.05) is 45.2 Å². The van der Waals surface area contributed by atoms with Gasteiger partial charge in [0.1, 0.15) is 5.82 Å². The third-order valence-corrected chi connectivity index (χ3v) is 3.65. The summed E-state index contributed by atoms with van der Waals surface area (Å²) in [5, 5.41) is 0. The molecule has 3 nitrogen and oxygen atoms in total. The van der Waals surface area contributed by atoms with E-state index < -0.39 is 0 Å². The molecule has 0 saturated carbocycles. The fraction of sp³-hybridized carbons (Fsp3) is 0.389. The Balaban J connectivity index is 2.44. The van der Waals surface area contributed by atoms with Crippen LogP contribution in [-0.4, -0.2) is 31.3 Å². The predicted octanol–water partition coefficient (Wildman–Crippen LogP) is 3.80. The Hall–Kier alpha value is -1.87. The van der Waals surface area contributed by atoms with Gasteiger partial charge in [-0.05, 0) is 29.2 Å². The molecule has 1 aliphatic heterocycles. The molecule has 1 aliphatic rings. The number of rotatable bonds is 5. The highest BCUT2D eigenvalue weighted by atomic mass is 16.5. The van der Waals surface area contributed by atoms with Gasteiger partial charge in [0.2, 0.25) is 0 Å². The monoisotopic (exact) mass is 284 g/mol. The Bertz CT molecular complexity index is 540. The van der Waals surface area contributed by atoms with Gasteiger partial charge in [0.05, 0.1) is 18.9 Å². The number of nitrogens with zero attached hydrogens (tertiary/aromatic N) is 2. The van der Waals surface area contributed by atoms with Crippen LogP contribution >= 0.6 is 0 Å². The Morgan fingerprint density at radius 2 is 2.00 bits per heavy atom. The molecule has 0 radical (unpaired) electrons. The predicted molar refractivity (Wildman–Crippen MR) is 89.7 cm³/mol. The van der Waals surface area contributed by atoms with Crippen LogP contribution in [0.5, 0.6) is 0 Å². The highest BCUT2D eigenvalue weighted by Crippen LogP contribution is 2.25. The molecule has 2 rings (SSSR count). The first kappa shape index (κ1) is 15.5. The highest BCUT2D eigenvalue weighted by molar-refractivity contribution is 5.73. The summed E-state index contributed by atoms with van der Waals surface area (Å²) in [7, 11) is 0. The van der Waals surface area contributed by atoms with Crippen molar-refractivity contribution in [2.45, 2.75) is 19.8 Å². The lowest BCUT2D eigenvalue weighted by atomic mass is 10.0. The van der Waals surface area contributed by atoms with E-state index in [-0.39, 0.29) is 0 Å². The molecule has 0 N–H and O–H groups in total. The first-order valence-electron chi connectivity index (χ1n) is 7.46. The molecule has 0 unspecified atom stereocenters. The van der Waals surface area contributed by atoms with Gasteiger partial charge in [0.25, 0.3) is 0 Å². The van der Waals surface area contributed by atoms with E-state index in [1.807, 2.05) is 12.2 Å². The van der Waals surface area contributed by atoms with E-state index in [4.69, 9.17) is 9.72 Å². The standard InChI is InChI=1S/C18H24N2O/c1-5-7-15(6-2)17-12-16(14(3)4)13-18(19-17)20-8-10-21-11-9-20/h5-7,12-14H,1-2,8-11H2,3-4H3/b15-7+. The molecule has 1 aromatic rings. The summed E-state index contributed by atoms with van der Waals surface area (Å²) in [6.07, 6.45) is 5.55. The summed E-state index contributed by atoms with van der Waals surface area (Å²) < 4.78 is 5.43. The van der Waals surface area contributed by atoms with Gasteiger partial charge in [-0.25, -0.2) is 4.98 Å². The minimum absolute atomic E-state index is 0.460. The molecule has 3 heteroatoms. The number of aromatic nitrogens is 1. The topological polar surface area (TPSA) is 25.4 Å². The lowest BCUT2D eigenvalue weighted by molar-refractivity contribution is 0.122. The number of allylic oxidation sites excluding steroid dienone is 4. The number of hydrogen-bond donors (Lipinski definition) is 0. The summed E-state index contributed by atoms with van der Waals surface area (Å²) >= 11 is 0. The summed E-state index contributed by atoms with van der Waals surface area (Å²) in [5.74, 6) is 1.48. The van der Waals surface area contributed by atoms with E-state index in [1.54, 1.807) is 6.08 Å². The molecule has 21 heavy (non-hydrogen) atoms. The zero-order valence-electron chi connectivity index (χ0n) is 13.0. The quantitative estimate of drug-likeness (QED) is 0.769. The second-order valence-electron chi connectivity index (χ2n) is 5.46. The van der Waals surface area contributed by atoms with Gasteiger partial charge >= 0.3 is 0 Å². The smallest absolute Gasteiger partial charge is 0.129 e. The van der Waals surface area contributed by atoms with E-state index >= 15 is 0 Å². The second-order valence-corrected chi connectivity index (χ2v) is 5.46. The molecule has 2 heterocycles. The first-order chi connectivity index (χ1) is 10.2. The number of pyridine rings is 1. The maximum Gasteiger partial charge on any atom is 0.129 e. The molecule has 0 aliphatic carbocycles.